The van der Waals surface area contributed by atoms with Crippen molar-refractivity contribution in [2.24, 2.45) is 7.05 Å². The van der Waals surface area contributed by atoms with Crippen LogP contribution < -0.4 is 4.72 Å². The molecule has 0 spiro atoms. The fraction of sp³-hybridized carbons (Fsp3) is 0.118. The Morgan fingerprint density at radius 2 is 1.83 bits per heavy atom. The topological polar surface area (TPSA) is 64.0 Å². The molecule has 24 heavy (non-hydrogen) atoms. The summed E-state index contributed by atoms with van der Waals surface area (Å²) in [6, 6.07) is 14.7. The van der Waals surface area contributed by atoms with Crippen molar-refractivity contribution >= 4 is 31.6 Å². The number of nitrogens with one attached hydrogen (secondary N) is 1. The Bertz CT molecular complexity index is 982. The Morgan fingerprint density at radius 3 is 2.50 bits per heavy atom. The Hall–Kier alpha value is -2.12. The molecule has 3 aromatic rings. The van der Waals surface area contributed by atoms with Crippen molar-refractivity contribution in [3.05, 3.63) is 64.8 Å². The predicted octanol–water partition coefficient (Wildman–Crippen LogP) is 3.96. The van der Waals surface area contributed by atoms with Gasteiger partial charge in [0.1, 0.15) is 10.6 Å². The summed E-state index contributed by atoms with van der Waals surface area (Å²) in [5.41, 5.74) is 2.56. The minimum atomic E-state index is -3.76. The summed E-state index contributed by atoms with van der Waals surface area (Å²) in [5, 5.41) is 4.32. The van der Waals surface area contributed by atoms with Crippen molar-refractivity contribution < 1.29 is 8.42 Å². The highest BCUT2D eigenvalue weighted by molar-refractivity contribution is 9.10. The predicted molar refractivity (Wildman–Crippen MR) is 98.3 cm³/mol. The molecule has 0 aliphatic carbocycles. The largest absolute Gasteiger partial charge is 0.279 e. The molecule has 0 unspecified atom stereocenters. The number of sulfonamides is 1. The molecule has 7 heteroatoms. The van der Waals surface area contributed by atoms with Gasteiger partial charge in [0.25, 0.3) is 10.0 Å². The summed E-state index contributed by atoms with van der Waals surface area (Å²) < 4.78 is 30.8. The van der Waals surface area contributed by atoms with Crippen LogP contribution in [0.4, 0.5) is 5.69 Å². The van der Waals surface area contributed by atoms with E-state index in [0.717, 1.165) is 15.6 Å². The first-order chi connectivity index (χ1) is 11.4. The first-order valence-electron chi connectivity index (χ1n) is 7.25. The third-order valence-corrected chi connectivity index (χ3v) is 5.42. The van der Waals surface area contributed by atoms with E-state index in [4.69, 9.17) is 0 Å². The molecule has 0 aliphatic rings. The van der Waals surface area contributed by atoms with Gasteiger partial charge in [-0.3, -0.25) is 9.40 Å². The molecule has 0 atom stereocenters. The summed E-state index contributed by atoms with van der Waals surface area (Å²) in [6.45, 7) is 1.85. The van der Waals surface area contributed by atoms with Gasteiger partial charge >= 0.3 is 0 Å². The highest BCUT2D eigenvalue weighted by atomic mass is 79.9. The number of halogens is 1. The minimum Gasteiger partial charge on any atom is -0.279 e. The molecule has 0 saturated carbocycles. The maximum atomic E-state index is 12.9. The standard InChI is InChI=1S/C17H16BrN3O2S/c1-12-10-14(18)8-9-15(12)20-24(22,23)16-11-21(2)19-17(16)13-6-4-3-5-7-13/h3-11,20H,1-2H3. The van der Waals surface area contributed by atoms with E-state index in [9.17, 15) is 8.42 Å². The zero-order valence-electron chi connectivity index (χ0n) is 13.2. The average Bonchev–Trinajstić information content (AvgIpc) is 2.94. The second-order valence-electron chi connectivity index (χ2n) is 5.45. The van der Waals surface area contributed by atoms with Gasteiger partial charge in [0, 0.05) is 23.3 Å². The molecule has 3 rings (SSSR count). The van der Waals surface area contributed by atoms with Gasteiger partial charge in [-0.15, -0.1) is 0 Å². The Labute approximate surface area is 149 Å². The summed E-state index contributed by atoms with van der Waals surface area (Å²) in [6.07, 6.45) is 1.51. The van der Waals surface area contributed by atoms with Gasteiger partial charge < -0.3 is 0 Å². The molecule has 5 nitrogen and oxygen atoms in total. The van der Waals surface area contributed by atoms with Gasteiger partial charge in [-0.25, -0.2) is 8.42 Å². The summed E-state index contributed by atoms with van der Waals surface area (Å²) in [4.78, 5) is 0.151. The molecule has 1 heterocycles. The third kappa shape index (κ3) is 3.37. The number of hydrogen-bond donors (Lipinski definition) is 1. The SMILES string of the molecule is Cc1cc(Br)ccc1NS(=O)(=O)c1cn(C)nc1-c1ccccc1. The fourth-order valence-electron chi connectivity index (χ4n) is 2.40. The number of nitrogens with zero attached hydrogens (tertiary/aromatic N) is 2. The van der Waals surface area contributed by atoms with Crippen LogP contribution in [0.2, 0.25) is 0 Å². The van der Waals surface area contributed by atoms with Crippen LogP contribution in [0.3, 0.4) is 0 Å². The maximum Gasteiger partial charge on any atom is 0.265 e. The molecule has 0 radical (unpaired) electrons. The first kappa shape index (κ1) is 16.7. The van der Waals surface area contributed by atoms with E-state index in [1.807, 2.05) is 43.3 Å². The molecular formula is C17H16BrN3O2S. The van der Waals surface area contributed by atoms with E-state index < -0.39 is 10.0 Å². The van der Waals surface area contributed by atoms with Crippen LogP contribution in [-0.2, 0) is 17.1 Å². The first-order valence-corrected chi connectivity index (χ1v) is 9.52. The number of anilines is 1. The molecular weight excluding hydrogens is 390 g/mol. The van der Waals surface area contributed by atoms with Crippen LogP contribution in [-0.4, -0.2) is 18.2 Å². The summed E-state index contributed by atoms with van der Waals surface area (Å²) in [7, 11) is -2.05. The van der Waals surface area contributed by atoms with Crippen molar-refractivity contribution in [3.8, 4) is 11.3 Å². The fourth-order valence-corrected chi connectivity index (χ4v) is 4.21. The van der Waals surface area contributed by atoms with Crippen LogP contribution in [0, 0.1) is 6.92 Å². The van der Waals surface area contributed by atoms with Crippen molar-refractivity contribution in [2.45, 2.75) is 11.8 Å². The van der Waals surface area contributed by atoms with Gasteiger partial charge in [-0.1, -0.05) is 46.3 Å². The lowest BCUT2D eigenvalue weighted by Gasteiger charge is -2.11. The molecule has 0 fully saturated rings. The van der Waals surface area contributed by atoms with Gasteiger partial charge in [0.05, 0.1) is 5.69 Å². The molecule has 124 valence electrons. The minimum absolute atomic E-state index is 0.151. The smallest absolute Gasteiger partial charge is 0.265 e. The summed E-state index contributed by atoms with van der Waals surface area (Å²) in [5.74, 6) is 0. The van der Waals surface area contributed by atoms with Gasteiger partial charge in [0.15, 0.2) is 0 Å². The second kappa shape index (κ2) is 6.41. The number of benzene rings is 2. The number of aromatic nitrogens is 2. The average molecular weight is 406 g/mol. The molecule has 0 aliphatic heterocycles. The van der Waals surface area contributed by atoms with Gasteiger partial charge in [-0.2, -0.15) is 5.10 Å². The number of hydrogen-bond acceptors (Lipinski definition) is 3. The van der Waals surface area contributed by atoms with E-state index in [1.54, 1.807) is 19.2 Å². The van der Waals surface area contributed by atoms with E-state index in [-0.39, 0.29) is 4.90 Å². The van der Waals surface area contributed by atoms with E-state index in [1.165, 1.54) is 10.9 Å². The quantitative estimate of drug-likeness (QED) is 0.714. The van der Waals surface area contributed by atoms with Crippen LogP contribution in [0.1, 0.15) is 5.56 Å². The molecule has 0 amide bonds. The lowest BCUT2D eigenvalue weighted by Crippen LogP contribution is -2.14. The molecule has 2 aromatic carbocycles. The zero-order chi connectivity index (χ0) is 17.3. The number of aryl methyl sites for hydroxylation is 2. The zero-order valence-corrected chi connectivity index (χ0v) is 15.6. The number of rotatable bonds is 4. The van der Waals surface area contributed by atoms with Crippen molar-refractivity contribution in [2.75, 3.05) is 4.72 Å². The molecule has 0 bridgehead atoms. The lowest BCUT2D eigenvalue weighted by atomic mass is 10.2. The molecule has 0 saturated heterocycles. The normalized spacial score (nSPS) is 11.5. The molecule has 1 aromatic heterocycles. The van der Waals surface area contributed by atoms with Crippen LogP contribution in [0.5, 0.6) is 0 Å². The monoisotopic (exact) mass is 405 g/mol. The van der Waals surface area contributed by atoms with Crippen molar-refractivity contribution in [1.82, 2.24) is 9.78 Å². The second-order valence-corrected chi connectivity index (χ2v) is 8.01. The van der Waals surface area contributed by atoms with Crippen molar-refractivity contribution in [3.63, 3.8) is 0 Å². The highest BCUT2D eigenvalue weighted by Gasteiger charge is 2.23. The maximum absolute atomic E-state index is 12.9. The van der Waals surface area contributed by atoms with Crippen LogP contribution >= 0.6 is 15.9 Å². The van der Waals surface area contributed by atoms with E-state index in [0.29, 0.717) is 11.4 Å². The lowest BCUT2D eigenvalue weighted by molar-refractivity contribution is 0.601. The van der Waals surface area contributed by atoms with Gasteiger partial charge in [-0.05, 0) is 30.7 Å². The Balaban J connectivity index is 2.05. The van der Waals surface area contributed by atoms with E-state index in [2.05, 4.69) is 25.8 Å². The Kier molecular flexibility index (Phi) is 4.47. The van der Waals surface area contributed by atoms with Gasteiger partial charge in [0.2, 0.25) is 0 Å². The Morgan fingerprint density at radius 1 is 1.12 bits per heavy atom. The van der Waals surface area contributed by atoms with Crippen LogP contribution in [0.15, 0.2) is 64.1 Å². The highest BCUT2D eigenvalue weighted by Crippen LogP contribution is 2.28. The van der Waals surface area contributed by atoms with Crippen molar-refractivity contribution in [1.29, 1.82) is 0 Å². The third-order valence-electron chi connectivity index (χ3n) is 3.56. The van der Waals surface area contributed by atoms with E-state index >= 15 is 0 Å². The summed E-state index contributed by atoms with van der Waals surface area (Å²) >= 11 is 3.38. The van der Waals surface area contributed by atoms with Crippen LogP contribution in [0.25, 0.3) is 11.3 Å². The molecule has 1 N–H and O–H groups in total.